The molecule has 3 rings (SSSR count). The lowest BCUT2D eigenvalue weighted by molar-refractivity contribution is -0.126. The van der Waals surface area contributed by atoms with Crippen LogP contribution in [0.5, 0.6) is 0 Å². The Kier molecular flexibility index (Phi) is 4.88. The number of piperidine rings is 1. The van der Waals surface area contributed by atoms with Crippen molar-refractivity contribution >= 4 is 11.8 Å². The van der Waals surface area contributed by atoms with Crippen molar-refractivity contribution in [3.05, 3.63) is 47.3 Å². The molecule has 2 atom stereocenters. The Labute approximate surface area is 147 Å². The second-order valence-electron chi connectivity index (χ2n) is 6.64. The van der Waals surface area contributed by atoms with Crippen LogP contribution in [0.3, 0.4) is 0 Å². The van der Waals surface area contributed by atoms with Crippen LogP contribution in [-0.2, 0) is 16.0 Å². The van der Waals surface area contributed by atoms with E-state index in [-0.39, 0.29) is 23.9 Å². The van der Waals surface area contributed by atoms with Gasteiger partial charge in [0.15, 0.2) is 0 Å². The summed E-state index contributed by atoms with van der Waals surface area (Å²) < 4.78 is 1.88. The van der Waals surface area contributed by atoms with Gasteiger partial charge in [0, 0.05) is 29.8 Å². The Morgan fingerprint density at radius 1 is 1.32 bits per heavy atom. The first-order valence-corrected chi connectivity index (χ1v) is 8.65. The minimum atomic E-state index is -0.0422. The van der Waals surface area contributed by atoms with E-state index in [4.69, 9.17) is 0 Å². The van der Waals surface area contributed by atoms with Crippen LogP contribution in [0.25, 0.3) is 5.69 Å². The van der Waals surface area contributed by atoms with Crippen molar-refractivity contribution in [3.63, 3.8) is 0 Å². The number of aryl methyl sites for hydroxylation is 1. The second kappa shape index (κ2) is 7.09. The number of hydrogen-bond acceptors (Lipinski definition) is 3. The van der Waals surface area contributed by atoms with Gasteiger partial charge in [0.1, 0.15) is 0 Å². The lowest BCUT2D eigenvalue weighted by Crippen LogP contribution is -2.54. The monoisotopic (exact) mass is 340 g/mol. The molecule has 0 radical (unpaired) electrons. The molecule has 2 heterocycles. The largest absolute Gasteiger partial charge is 0.352 e. The molecule has 132 valence electrons. The molecule has 1 saturated heterocycles. The number of rotatable bonds is 4. The molecule has 0 aliphatic carbocycles. The van der Waals surface area contributed by atoms with Gasteiger partial charge in [-0.25, -0.2) is 4.68 Å². The smallest absolute Gasteiger partial charge is 0.224 e. The molecule has 1 aliphatic rings. The van der Waals surface area contributed by atoms with E-state index in [1.165, 1.54) is 0 Å². The molecule has 6 heteroatoms. The van der Waals surface area contributed by atoms with Crippen LogP contribution in [-0.4, -0.2) is 33.7 Å². The molecule has 1 fully saturated rings. The Balaban J connectivity index is 1.72. The topological polar surface area (TPSA) is 76.0 Å². The van der Waals surface area contributed by atoms with E-state index in [0.717, 1.165) is 22.6 Å². The standard InChI is InChI=1S/C19H24N4O2/c1-12-16(14(3)23(22-12)15-7-5-4-6-8-15)11-19(25)21-17-9-10-18(24)20-13(17)2/h4-8,13,17H,9-11H2,1-3H3,(H,20,24)(H,21,25). The van der Waals surface area contributed by atoms with Crippen LogP contribution >= 0.6 is 0 Å². The van der Waals surface area contributed by atoms with Gasteiger partial charge in [0.2, 0.25) is 11.8 Å². The van der Waals surface area contributed by atoms with Crippen molar-refractivity contribution in [2.75, 3.05) is 0 Å². The average Bonchev–Trinajstić information content (AvgIpc) is 2.86. The van der Waals surface area contributed by atoms with Gasteiger partial charge in [-0.05, 0) is 39.3 Å². The van der Waals surface area contributed by atoms with Crippen molar-refractivity contribution in [1.29, 1.82) is 0 Å². The molecule has 0 spiro atoms. The number of para-hydroxylation sites is 1. The van der Waals surface area contributed by atoms with E-state index in [9.17, 15) is 9.59 Å². The maximum absolute atomic E-state index is 12.5. The van der Waals surface area contributed by atoms with E-state index in [0.29, 0.717) is 19.3 Å². The van der Waals surface area contributed by atoms with Crippen LogP contribution in [0.4, 0.5) is 0 Å². The summed E-state index contributed by atoms with van der Waals surface area (Å²) in [5, 5.41) is 10.5. The van der Waals surface area contributed by atoms with Gasteiger partial charge in [0.05, 0.1) is 17.8 Å². The van der Waals surface area contributed by atoms with Crippen molar-refractivity contribution in [2.45, 2.75) is 52.1 Å². The molecule has 2 N–H and O–H groups in total. The molecule has 2 unspecified atom stereocenters. The second-order valence-corrected chi connectivity index (χ2v) is 6.64. The van der Waals surface area contributed by atoms with Gasteiger partial charge in [-0.15, -0.1) is 0 Å². The number of aromatic nitrogens is 2. The number of carbonyl (C=O) groups is 2. The Morgan fingerprint density at radius 3 is 2.72 bits per heavy atom. The van der Waals surface area contributed by atoms with Crippen LogP contribution in [0.1, 0.15) is 36.7 Å². The third-order valence-corrected chi connectivity index (χ3v) is 4.80. The Hall–Kier alpha value is -2.63. The first kappa shape index (κ1) is 17.2. The SMILES string of the molecule is Cc1nn(-c2ccccc2)c(C)c1CC(=O)NC1CCC(=O)NC1C. The molecule has 2 amide bonds. The molecule has 0 saturated carbocycles. The van der Waals surface area contributed by atoms with E-state index in [1.54, 1.807) is 0 Å². The third-order valence-electron chi connectivity index (χ3n) is 4.80. The molecule has 2 aromatic rings. The number of carbonyl (C=O) groups excluding carboxylic acids is 2. The summed E-state index contributed by atoms with van der Waals surface area (Å²) in [6.45, 7) is 5.84. The highest BCUT2D eigenvalue weighted by molar-refractivity contribution is 5.81. The van der Waals surface area contributed by atoms with E-state index >= 15 is 0 Å². The van der Waals surface area contributed by atoms with Crippen LogP contribution < -0.4 is 10.6 Å². The normalized spacial score (nSPS) is 20.2. The summed E-state index contributed by atoms with van der Waals surface area (Å²) in [6, 6.07) is 9.83. The van der Waals surface area contributed by atoms with Crippen molar-refractivity contribution in [1.82, 2.24) is 20.4 Å². The highest BCUT2D eigenvalue weighted by Gasteiger charge is 2.27. The van der Waals surface area contributed by atoms with Gasteiger partial charge in [-0.1, -0.05) is 18.2 Å². The van der Waals surface area contributed by atoms with E-state index < -0.39 is 0 Å². The van der Waals surface area contributed by atoms with Crippen molar-refractivity contribution < 1.29 is 9.59 Å². The maximum Gasteiger partial charge on any atom is 0.224 e. The molecule has 1 aromatic heterocycles. The first-order chi connectivity index (χ1) is 12.0. The van der Waals surface area contributed by atoms with E-state index in [1.807, 2.05) is 55.8 Å². The molecule has 1 aromatic carbocycles. The fourth-order valence-corrected chi connectivity index (χ4v) is 3.33. The zero-order valence-corrected chi connectivity index (χ0v) is 14.9. The van der Waals surface area contributed by atoms with Crippen LogP contribution in [0.15, 0.2) is 30.3 Å². The zero-order chi connectivity index (χ0) is 18.0. The highest BCUT2D eigenvalue weighted by Crippen LogP contribution is 2.19. The predicted molar refractivity (Wildman–Crippen MR) is 95.5 cm³/mol. The average molecular weight is 340 g/mol. The summed E-state index contributed by atoms with van der Waals surface area (Å²) in [7, 11) is 0. The van der Waals surface area contributed by atoms with Gasteiger partial charge in [0.25, 0.3) is 0 Å². The molecule has 0 bridgehead atoms. The summed E-state index contributed by atoms with van der Waals surface area (Å²) in [6.07, 6.45) is 1.43. The molecule has 6 nitrogen and oxygen atoms in total. The molecule has 25 heavy (non-hydrogen) atoms. The summed E-state index contributed by atoms with van der Waals surface area (Å²) >= 11 is 0. The minimum absolute atomic E-state index is 0.0185. The van der Waals surface area contributed by atoms with Crippen LogP contribution in [0, 0.1) is 13.8 Å². The fourth-order valence-electron chi connectivity index (χ4n) is 3.33. The number of hydrogen-bond donors (Lipinski definition) is 2. The number of nitrogens with zero attached hydrogens (tertiary/aromatic N) is 2. The number of nitrogens with one attached hydrogen (secondary N) is 2. The number of amides is 2. The molecular weight excluding hydrogens is 316 g/mol. The maximum atomic E-state index is 12.5. The predicted octanol–water partition coefficient (Wildman–Crippen LogP) is 1.81. The van der Waals surface area contributed by atoms with Gasteiger partial charge in [-0.2, -0.15) is 5.10 Å². The summed E-state index contributed by atoms with van der Waals surface area (Å²) in [5.74, 6) is 0.0145. The Bertz CT molecular complexity index is 782. The number of benzene rings is 1. The van der Waals surface area contributed by atoms with Gasteiger partial charge >= 0.3 is 0 Å². The van der Waals surface area contributed by atoms with Gasteiger partial charge in [-0.3, -0.25) is 9.59 Å². The zero-order valence-electron chi connectivity index (χ0n) is 14.9. The van der Waals surface area contributed by atoms with Crippen molar-refractivity contribution in [2.24, 2.45) is 0 Å². The van der Waals surface area contributed by atoms with Crippen LogP contribution in [0.2, 0.25) is 0 Å². The summed E-state index contributed by atoms with van der Waals surface area (Å²) in [5.41, 5.74) is 3.78. The summed E-state index contributed by atoms with van der Waals surface area (Å²) in [4.78, 5) is 23.9. The Morgan fingerprint density at radius 2 is 2.04 bits per heavy atom. The minimum Gasteiger partial charge on any atom is -0.352 e. The fraction of sp³-hybridized carbons (Fsp3) is 0.421. The lowest BCUT2D eigenvalue weighted by atomic mass is 9.99. The lowest BCUT2D eigenvalue weighted by Gasteiger charge is -2.30. The highest BCUT2D eigenvalue weighted by atomic mass is 16.2. The molecular formula is C19H24N4O2. The van der Waals surface area contributed by atoms with E-state index in [2.05, 4.69) is 15.7 Å². The third kappa shape index (κ3) is 3.73. The first-order valence-electron chi connectivity index (χ1n) is 8.65. The molecule has 1 aliphatic heterocycles. The van der Waals surface area contributed by atoms with Gasteiger partial charge < -0.3 is 10.6 Å². The van der Waals surface area contributed by atoms with Crippen molar-refractivity contribution in [3.8, 4) is 5.69 Å². The quantitative estimate of drug-likeness (QED) is 0.891.